The lowest BCUT2D eigenvalue weighted by molar-refractivity contribution is 0.375. The van der Waals surface area contributed by atoms with Gasteiger partial charge in [0.15, 0.2) is 22.3 Å². The zero-order chi connectivity index (χ0) is 30.0. The Morgan fingerprint density at radius 3 is 2.62 bits per heavy atom. The summed E-state index contributed by atoms with van der Waals surface area (Å²) >= 11 is 1.07. The monoisotopic (exact) mass is 615 g/mol. The molecule has 0 unspecified atom stereocenters. The molecule has 5 rings (SSSR count). The quantitative estimate of drug-likeness (QED) is 0.240. The largest absolute Gasteiger partial charge is 0.494 e. The van der Waals surface area contributed by atoms with Crippen LogP contribution < -0.4 is 15.2 Å². The van der Waals surface area contributed by atoms with Crippen LogP contribution in [0.2, 0.25) is 0 Å². The summed E-state index contributed by atoms with van der Waals surface area (Å²) in [5.41, 5.74) is 5.97. The van der Waals surface area contributed by atoms with Gasteiger partial charge in [0, 0.05) is 17.3 Å². The molecule has 2 aromatic carbocycles. The first-order chi connectivity index (χ1) is 20.1. The molecule has 2 aromatic heterocycles. The van der Waals surface area contributed by atoms with E-state index in [-0.39, 0.29) is 22.1 Å². The van der Waals surface area contributed by atoms with Gasteiger partial charge >= 0.3 is 0 Å². The van der Waals surface area contributed by atoms with Crippen molar-refractivity contribution in [1.29, 1.82) is 0 Å². The smallest absolute Gasteiger partial charge is 0.268 e. The lowest BCUT2D eigenvalue weighted by atomic mass is 10.1. The van der Waals surface area contributed by atoms with E-state index in [0.29, 0.717) is 29.0 Å². The highest BCUT2D eigenvalue weighted by Crippen LogP contribution is 2.38. The molecular formula is C28H21F4N5O3S2. The van der Waals surface area contributed by atoms with Crippen molar-refractivity contribution in [3.05, 3.63) is 101 Å². The Hall–Kier alpha value is -4.56. The molecule has 0 fully saturated rings. The van der Waals surface area contributed by atoms with Gasteiger partial charge in [0.2, 0.25) is 0 Å². The summed E-state index contributed by atoms with van der Waals surface area (Å²) in [6, 6.07) is 6.63. The third-order valence-corrected chi connectivity index (χ3v) is 8.55. The van der Waals surface area contributed by atoms with Gasteiger partial charge in [-0.25, -0.2) is 36.0 Å². The Morgan fingerprint density at radius 2 is 1.86 bits per heavy atom. The van der Waals surface area contributed by atoms with Crippen molar-refractivity contribution < 1.29 is 30.7 Å². The minimum absolute atomic E-state index is 0.0494. The summed E-state index contributed by atoms with van der Waals surface area (Å²) in [4.78, 5) is 11.8. The Labute approximate surface area is 242 Å². The summed E-state index contributed by atoms with van der Waals surface area (Å²) < 4.78 is 92.0. The molecule has 0 saturated carbocycles. The highest BCUT2D eigenvalue weighted by Gasteiger charge is 2.29. The molecule has 1 aliphatic rings. The van der Waals surface area contributed by atoms with Crippen LogP contribution in [0.4, 0.5) is 23.2 Å². The van der Waals surface area contributed by atoms with E-state index in [2.05, 4.69) is 15.0 Å². The van der Waals surface area contributed by atoms with E-state index in [1.807, 2.05) is 10.8 Å². The summed E-state index contributed by atoms with van der Waals surface area (Å²) in [6.07, 6.45) is 9.02. The van der Waals surface area contributed by atoms with Gasteiger partial charge in [-0.3, -0.25) is 9.71 Å². The van der Waals surface area contributed by atoms with Crippen LogP contribution in [0.5, 0.6) is 5.75 Å². The zero-order valence-electron chi connectivity index (χ0n) is 21.7. The maximum Gasteiger partial charge on any atom is 0.268 e. The standard InChI is InChI=1S/C28H21F4N5O3S2/c1-40-21-11-10-18(30)27(24(21)32)42(38,39)37-19-8-5-6-17(23(19)31)25-26(20-7-3-2-4-9-22(33)35-20)41-28(36-25)15-12-16(29)14-34-13-15/h3,5-14,37H,2,4,33H2,1H3/b7-3?,22-9-,35-20?. The lowest BCUT2D eigenvalue weighted by Crippen LogP contribution is -2.18. The van der Waals surface area contributed by atoms with Crippen molar-refractivity contribution in [2.45, 2.75) is 17.7 Å². The molecule has 216 valence electrons. The first-order valence-corrected chi connectivity index (χ1v) is 14.6. The van der Waals surface area contributed by atoms with Crippen molar-refractivity contribution in [3.8, 4) is 27.6 Å². The first-order valence-electron chi connectivity index (χ1n) is 12.3. The lowest BCUT2D eigenvalue weighted by Gasteiger charge is -2.14. The number of nitrogens with zero attached hydrogens (tertiary/aromatic N) is 3. The first kappa shape index (κ1) is 29.0. The normalized spacial score (nSPS) is 14.9. The van der Waals surface area contributed by atoms with Crippen molar-refractivity contribution in [3.63, 3.8) is 0 Å². The van der Waals surface area contributed by atoms with E-state index in [0.717, 1.165) is 42.8 Å². The van der Waals surface area contributed by atoms with Gasteiger partial charge in [0.1, 0.15) is 22.5 Å². The highest BCUT2D eigenvalue weighted by atomic mass is 32.2. The molecule has 0 spiro atoms. The third-order valence-electron chi connectivity index (χ3n) is 6.02. The van der Waals surface area contributed by atoms with Crippen molar-refractivity contribution in [2.24, 2.45) is 10.7 Å². The molecule has 0 bridgehead atoms. The second-order valence-corrected chi connectivity index (χ2v) is 11.5. The Bertz CT molecular complexity index is 1890. The molecule has 3 heterocycles. The van der Waals surface area contributed by atoms with Crippen molar-refractivity contribution >= 4 is 32.8 Å². The molecule has 4 aromatic rings. The molecule has 0 saturated heterocycles. The van der Waals surface area contributed by atoms with Gasteiger partial charge < -0.3 is 10.5 Å². The molecule has 0 amide bonds. The van der Waals surface area contributed by atoms with Gasteiger partial charge in [-0.1, -0.05) is 12.1 Å². The number of rotatable bonds is 7. The predicted molar refractivity (Wildman–Crippen MR) is 152 cm³/mol. The molecule has 42 heavy (non-hydrogen) atoms. The summed E-state index contributed by atoms with van der Waals surface area (Å²) in [6.45, 7) is 0. The van der Waals surface area contributed by atoms with E-state index < -0.39 is 49.6 Å². The minimum Gasteiger partial charge on any atom is -0.494 e. The number of halogens is 4. The van der Waals surface area contributed by atoms with Crippen LogP contribution in [0, 0.1) is 23.3 Å². The maximum atomic E-state index is 16.1. The van der Waals surface area contributed by atoms with E-state index >= 15 is 4.39 Å². The van der Waals surface area contributed by atoms with Gasteiger partial charge in [0.05, 0.1) is 35.3 Å². The van der Waals surface area contributed by atoms with Crippen LogP contribution in [-0.2, 0) is 10.0 Å². The number of aliphatic imine (C=N–C) groups is 1. The molecule has 14 heteroatoms. The third kappa shape index (κ3) is 5.76. The fourth-order valence-corrected chi connectivity index (χ4v) is 6.35. The summed E-state index contributed by atoms with van der Waals surface area (Å²) in [5.74, 6) is -4.85. The summed E-state index contributed by atoms with van der Waals surface area (Å²) in [7, 11) is -3.88. The average molecular weight is 616 g/mol. The van der Waals surface area contributed by atoms with Crippen LogP contribution in [0.25, 0.3) is 21.8 Å². The molecular weight excluding hydrogens is 594 g/mol. The van der Waals surface area contributed by atoms with E-state index in [4.69, 9.17) is 10.5 Å². The number of allylic oxidation sites excluding steroid dienone is 3. The number of methoxy groups -OCH3 is 1. The fraction of sp³-hybridized carbons (Fsp3) is 0.107. The van der Waals surface area contributed by atoms with Gasteiger partial charge in [-0.15, -0.1) is 11.3 Å². The number of pyridine rings is 1. The topological polar surface area (TPSA) is 120 Å². The number of ether oxygens (including phenoxy) is 1. The van der Waals surface area contributed by atoms with Gasteiger partial charge in [0.25, 0.3) is 10.0 Å². The average Bonchev–Trinajstić information content (AvgIpc) is 3.37. The second kappa shape index (κ2) is 11.7. The Morgan fingerprint density at radius 1 is 1.05 bits per heavy atom. The summed E-state index contributed by atoms with van der Waals surface area (Å²) in [5, 5.41) is 0.276. The number of thiazole rings is 1. The van der Waals surface area contributed by atoms with Crippen LogP contribution >= 0.6 is 11.3 Å². The number of nitrogens with one attached hydrogen (secondary N) is 1. The van der Waals surface area contributed by atoms with E-state index in [9.17, 15) is 21.6 Å². The Balaban J connectivity index is 1.65. The molecule has 0 radical (unpaired) electrons. The minimum atomic E-state index is -4.96. The van der Waals surface area contributed by atoms with Crippen LogP contribution in [0.3, 0.4) is 0 Å². The molecule has 0 atom stereocenters. The highest BCUT2D eigenvalue weighted by molar-refractivity contribution is 7.92. The number of anilines is 1. The molecule has 1 aliphatic heterocycles. The number of benzene rings is 2. The molecule has 8 nitrogen and oxygen atoms in total. The van der Waals surface area contributed by atoms with Crippen LogP contribution in [0.1, 0.15) is 17.7 Å². The SMILES string of the molecule is COc1ccc(F)c(S(=O)(=O)Nc2cccc(-c3nc(-c4cncc(F)c4)sc3C3=N/C(N)=C\CCC=C3)c2F)c1F. The number of aromatic nitrogens is 2. The fourth-order valence-electron chi connectivity index (χ4n) is 4.11. The molecule has 3 N–H and O–H groups in total. The maximum absolute atomic E-state index is 16.1. The Kier molecular flexibility index (Phi) is 8.09. The van der Waals surface area contributed by atoms with Crippen LogP contribution in [-0.4, -0.2) is 31.2 Å². The van der Waals surface area contributed by atoms with Gasteiger partial charge in [-0.2, -0.15) is 0 Å². The van der Waals surface area contributed by atoms with Gasteiger partial charge in [-0.05, 0) is 55.3 Å². The van der Waals surface area contributed by atoms with E-state index in [1.165, 1.54) is 24.4 Å². The number of hydrogen-bond donors (Lipinski definition) is 2. The van der Waals surface area contributed by atoms with Crippen LogP contribution in [0.15, 0.2) is 82.7 Å². The van der Waals surface area contributed by atoms with Crippen molar-refractivity contribution in [1.82, 2.24) is 9.97 Å². The number of hydrogen-bond acceptors (Lipinski definition) is 8. The van der Waals surface area contributed by atoms with Crippen molar-refractivity contribution in [2.75, 3.05) is 11.8 Å². The number of nitrogens with two attached hydrogens (primary N) is 1. The van der Waals surface area contributed by atoms with E-state index in [1.54, 1.807) is 12.2 Å². The second-order valence-electron chi connectivity index (χ2n) is 8.86. The predicted octanol–water partition coefficient (Wildman–Crippen LogP) is 6.18. The zero-order valence-corrected chi connectivity index (χ0v) is 23.4. The number of sulfonamides is 1. The molecule has 0 aliphatic carbocycles.